The molecule has 0 spiro atoms. The van der Waals surface area contributed by atoms with Crippen LogP contribution in [0.2, 0.25) is 0 Å². The van der Waals surface area contributed by atoms with Gasteiger partial charge in [0.15, 0.2) is 0 Å². The number of benzene rings is 1. The number of piperazine rings is 1. The van der Waals surface area contributed by atoms with E-state index in [1.807, 2.05) is 0 Å². The number of halogens is 5. The first-order valence-corrected chi connectivity index (χ1v) is 8.74. The van der Waals surface area contributed by atoms with E-state index in [1.54, 1.807) is 12.1 Å². The van der Waals surface area contributed by atoms with Gasteiger partial charge in [-0.2, -0.15) is 0 Å². The minimum atomic E-state index is -4.71. The molecule has 1 unspecified atom stereocenters. The van der Waals surface area contributed by atoms with Gasteiger partial charge < -0.3 is 19.6 Å². The van der Waals surface area contributed by atoms with Crippen LogP contribution in [0.5, 0.6) is 5.75 Å². The van der Waals surface area contributed by atoms with Crippen molar-refractivity contribution in [3.8, 4) is 5.75 Å². The molecule has 0 radical (unpaired) electrons. The third-order valence-corrected chi connectivity index (χ3v) is 5.40. The van der Waals surface area contributed by atoms with E-state index in [4.69, 9.17) is 0 Å². The average Bonchev–Trinajstić information content (AvgIpc) is 2.51. The maximum Gasteiger partial charge on any atom is 0.573 e. The predicted molar refractivity (Wildman–Crippen MR) is 103 cm³/mol. The van der Waals surface area contributed by atoms with Gasteiger partial charge in [0.2, 0.25) is 0 Å². The summed E-state index contributed by atoms with van der Waals surface area (Å²) >= 11 is 0. The van der Waals surface area contributed by atoms with Crippen LogP contribution in [0.15, 0.2) is 24.3 Å². The standard InChI is InChI=1S/C18H25F3N2O2.2ClH/c1-22-8-10-23(11-9-22)13-16(17(24)6-3-7-17)14-4-2-5-15(12-14)25-18(19,20)21;;/h2,4-5,12,16,24H,3,6-11,13H2,1H3;2*1H. The van der Waals surface area contributed by atoms with E-state index in [-0.39, 0.29) is 36.5 Å². The molecule has 1 aliphatic heterocycles. The zero-order chi connectivity index (χ0) is 18.1. The second-order valence-corrected chi connectivity index (χ2v) is 7.23. The predicted octanol–water partition coefficient (Wildman–Crippen LogP) is 3.67. The van der Waals surface area contributed by atoms with E-state index in [0.29, 0.717) is 24.9 Å². The number of nitrogens with zero attached hydrogens (tertiary/aromatic N) is 2. The van der Waals surface area contributed by atoms with Gasteiger partial charge in [-0.3, -0.25) is 0 Å². The van der Waals surface area contributed by atoms with Crippen LogP contribution in [0.25, 0.3) is 0 Å². The summed E-state index contributed by atoms with van der Waals surface area (Å²) in [4.78, 5) is 4.54. The highest BCUT2D eigenvalue weighted by molar-refractivity contribution is 5.85. The Bertz CT molecular complexity index is 592. The number of alkyl halides is 3. The number of hydrogen-bond acceptors (Lipinski definition) is 4. The fourth-order valence-corrected chi connectivity index (χ4v) is 3.69. The first-order chi connectivity index (χ1) is 11.8. The molecule has 0 bridgehead atoms. The molecule has 3 rings (SSSR count). The molecule has 1 N–H and O–H groups in total. The fourth-order valence-electron chi connectivity index (χ4n) is 3.69. The summed E-state index contributed by atoms with van der Waals surface area (Å²) in [6.45, 7) is 4.38. The highest BCUT2D eigenvalue weighted by Gasteiger charge is 2.44. The van der Waals surface area contributed by atoms with Crippen molar-refractivity contribution >= 4 is 24.8 Å². The van der Waals surface area contributed by atoms with Gasteiger partial charge in [-0.1, -0.05) is 12.1 Å². The molecule has 1 aliphatic carbocycles. The molecule has 1 atom stereocenters. The molecule has 1 heterocycles. The van der Waals surface area contributed by atoms with Gasteiger partial charge in [0.05, 0.1) is 5.60 Å². The van der Waals surface area contributed by atoms with E-state index < -0.39 is 12.0 Å². The van der Waals surface area contributed by atoms with Gasteiger partial charge in [-0.25, -0.2) is 0 Å². The third kappa shape index (κ3) is 6.39. The van der Waals surface area contributed by atoms with Crippen molar-refractivity contribution in [2.24, 2.45) is 0 Å². The van der Waals surface area contributed by atoms with E-state index >= 15 is 0 Å². The van der Waals surface area contributed by atoms with Crippen LogP contribution >= 0.6 is 24.8 Å². The van der Waals surface area contributed by atoms with Crippen LogP contribution in [0.1, 0.15) is 30.7 Å². The Morgan fingerprint density at radius 2 is 1.78 bits per heavy atom. The summed E-state index contributed by atoms with van der Waals surface area (Å²) in [5.41, 5.74) is -0.122. The molecule has 2 aliphatic rings. The molecule has 1 saturated carbocycles. The van der Waals surface area contributed by atoms with Gasteiger partial charge in [-0.05, 0) is 44.0 Å². The van der Waals surface area contributed by atoms with Gasteiger partial charge in [0.25, 0.3) is 0 Å². The molecule has 4 nitrogen and oxygen atoms in total. The number of rotatable bonds is 5. The molecule has 1 aromatic carbocycles. The summed E-state index contributed by atoms with van der Waals surface area (Å²) in [5, 5.41) is 10.9. The molecule has 1 aromatic rings. The topological polar surface area (TPSA) is 35.9 Å². The van der Waals surface area contributed by atoms with Crippen LogP contribution in [0.4, 0.5) is 13.2 Å². The van der Waals surface area contributed by atoms with Gasteiger partial charge in [-0.15, -0.1) is 38.0 Å². The van der Waals surface area contributed by atoms with Gasteiger partial charge in [0.1, 0.15) is 5.75 Å². The normalized spacial score (nSPS) is 21.4. The van der Waals surface area contributed by atoms with Crippen molar-refractivity contribution in [2.45, 2.75) is 37.1 Å². The molecule has 0 aromatic heterocycles. The molecule has 9 heteroatoms. The molecule has 0 amide bonds. The highest BCUT2D eigenvalue weighted by Crippen LogP contribution is 2.44. The Balaban J connectivity index is 0.00000182. The Kier molecular flexibility index (Phi) is 8.69. The zero-order valence-corrected chi connectivity index (χ0v) is 16.9. The SMILES string of the molecule is CN1CCN(CC(c2cccc(OC(F)(F)F)c2)C2(O)CCC2)CC1.Cl.Cl. The minimum Gasteiger partial charge on any atom is -0.406 e. The first kappa shape index (κ1) is 24.3. The third-order valence-electron chi connectivity index (χ3n) is 5.40. The van der Waals surface area contributed by atoms with Crippen LogP contribution in [0.3, 0.4) is 0 Å². The largest absolute Gasteiger partial charge is 0.573 e. The average molecular weight is 431 g/mol. The Labute approximate surface area is 170 Å². The fraction of sp³-hybridized carbons (Fsp3) is 0.667. The zero-order valence-electron chi connectivity index (χ0n) is 15.2. The lowest BCUT2D eigenvalue weighted by Gasteiger charge is -2.46. The minimum absolute atomic E-state index is 0. The van der Waals surface area contributed by atoms with Crippen molar-refractivity contribution in [1.82, 2.24) is 9.80 Å². The number of likely N-dealkylation sites (N-methyl/N-ethyl adjacent to an activating group) is 1. The lowest BCUT2D eigenvalue weighted by molar-refractivity contribution is -0.274. The molecule has 1 saturated heterocycles. The summed E-state index contributed by atoms with van der Waals surface area (Å²) in [6.07, 6.45) is -2.38. The molecular formula is C18H27Cl2F3N2O2. The molecular weight excluding hydrogens is 404 g/mol. The maximum absolute atomic E-state index is 12.5. The lowest BCUT2D eigenvalue weighted by atomic mass is 9.68. The molecule has 27 heavy (non-hydrogen) atoms. The van der Waals surface area contributed by atoms with Crippen molar-refractivity contribution in [3.05, 3.63) is 29.8 Å². The monoisotopic (exact) mass is 430 g/mol. The van der Waals surface area contributed by atoms with Crippen LogP contribution in [-0.4, -0.2) is 66.6 Å². The summed E-state index contributed by atoms with van der Waals surface area (Å²) in [5.74, 6) is -0.433. The Morgan fingerprint density at radius 1 is 1.15 bits per heavy atom. The summed E-state index contributed by atoms with van der Waals surface area (Å²) < 4.78 is 41.6. The van der Waals surface area contributed by atoms with Crippen LogP contribution in [0, 0.1) is 0 Å². The van der Waals surface area contributed by atoms with E-state index in [0.717, 1.165) is 32.6 Å². The van der Waals surface area contributed by atoms with Crippen molar-refractivity contribution < 1.29 is 23.0 Å². The smallest absolute Gasteiger partial charge is 0.406 e. The van der Waals surface area contributed by atoms with Crippen molar-refractivity contribution in [3.63, 3.8) is 0 Å². The first-order valence-electron chi connectivity index (χ1n) is 8.74. The Morgan fingerprint density at radius 3 is 2.30 bits per heavy atom. The lowest BCUT2D eigenvalue weighted by Crippen LogP contribution is -2.51. The van der Waals surface area contributed by atoms with E-state index in [9.17, 15) is 18.3 Å². The number of hydrogen-bond donors (Lipinski definition) is 1. The van der Waals surface area contributed by atoms with Gasteiger partial charge in [0, 0.05) is 38.6 Å². The highest BCUT2D eigenvalue weighted by atomic mass is 35.5. The van der Waals surface area contributed by atoms with E-state index in [1.165, 1.54) is 12.1 Å². The summed E-state index contributed by atoms with van der Waals surface area (Å²) in [6, 6.07) is 6.08. The Hall–Kier alpha value is -0.730. The number of ether oxygens (including phenoxy) is 1. The number of aliphatic hydroxyl groups is 1. The van der Waals surface area contributed by atoms with Crippen molar-refractivity contribution in [2.75, 3.05) is 39.8 Å². The van der Waals surface area contributed by atoms with Crippen molar-refractivity contribution in [1.29, 1.82) is 0 Å². The van der Waals surface area contributed by atoms with E-state index in [2.05, 4.69) is 21.6 Å². The molecule has 156 valence electrons. The van der Waals surface area contributed by atoms with Crippen LogP contribution < -0.4 is 4.74 Å². The second-order valence-electron chi connectivity index (χ2n) is 7.23. The quantitative estimate of drug-likeness (QED) is 0.772. The van der Waals surface area contributed by atoms with Crippen LogP contribution in [-0.2, 0) is 0 Å². The summed E-state index contributed by atoms with van der Waals surface area (Å²) in [7, 11) is 2.08. The second kappa shape index (κ2) is 9.65. The van der Waals surface area contributed by atoms with Gasteiger partial charge >= 0.3 is 6.36 Å². The molecule has 2 fully saturated rings. The maximum atomic E-state index is 12.5.